The minimum Gasteiger partial charge on any atom is -0.505 e. The summed E-state index contributed by atoms with van der Waals surface area (Å²) in [6.07, 6.45) is 10.4. The highest BCUT2D eigenvalue weighted by Gasteiger charge is 2.41. The molecular weight excluding hydrogens is 374 g/mol. The molecule has 0 aliphatic heterocycles. The van der Waals surface area contributed by atoms with Gasteiger partial charge in [-0.05, 0) is 51.9 Å². The van der Waals surface area contributed by atoms with E-state index in [0.717, 1.165) is 56.9 Å². The van der Waals surface area contributed by atoms with Crippen LogP contribution in [0.5, 0.6) is 0 Å². The van der Waals surface area contributed by atoms with Crippen molar-refractivity contribution in [3.63, 3.8) is 0 Å². The van der Waals surface area contributed by atoms with Gasteiger partial charge in [-0.1, -0.05) is 63.3 Å². The molecule has 0 amide bonds. The Bertz CT molecular complexity index is 769. The third kappa shape index (κ3) is 5.53. The van der Waals surface area contributed by atoms with Gasteiger partial charge in [-0.25, -0.2) is 0 Å². The summed E-state index contributed by atoms with van der Waals surface area (Å²) in [7, 11) is 0. The van der Waals surface area contributed by atoms with E-state index in [4.69, 9.17) is 0 Å². The van der Waals surface area contributed by atoms with E-state index in [-0.39, 0.29) is 23.2 Å². The van der Waals surface area contributed by atoms with E-state index < -0.39 is 11.6 Å². The minimum atomic E-state index is -0.541. The molecule has 0 heterocycles. The molecule has 0 bridgehead atoms. The van der Waals surface area contributed by atoms with Crippen LogP contribution < -0.4 is 5.32 Å². The molecule has 2 rings (SSSR count). The van der Waals surface area contributed by atoms with Crippen molar-refractivity contribution in [3.8, 4) is 0 Å². The zero-order valence-corrected chi connectivity index (χ0v) is 19.3. The number of hydrogen-bond acceptors (Lipinski definition) is 4. The lowest BCUT2D eigenvalue weighted by atomic mass is 9.70. The Morgan fingerprint density at radius 2 is 1.80 bits per heavy atom. The molecule has 0 fully saturated rings. The Labute approximate surface area is 182 Å². The number of rotatable bonds is 11. The second kappa shape index (κ2) is 11.3. The Morgan fingerprint density at radius 3 is 2.43 bits per heavy atom. The molecule has 166 valence electrons. The highest BCUT2D eigenvalue weighted by Crippen LogP contribution is 2.41. The highest BCUT2D eigenvalue weighted by atomic mass is 16.3. The molecule has 2 atom stereocenters. The van der Waals surface area contributed by atoms with Crippen molar-refractivity contribution >= 4 is 11.6 Å². The summed E-state index contributed by atoms with van der Waals surface area (Å²) in [6.45, 7) is 13.1. The van der Waals surface area contributed by atoms with Gasteiger partial charge in [-0.2, -0.15) is 0 Å². The number of unbranched alkanes of at least 4 members (excludes halogenated alkanes) is 4. The smallest absolute Gasteiger partial charge is 0.233 e. The fourth-order valence-corrected chi connectivity index (χ4v) is 4.54. The fraction of sp³-hybridized carbons (Fsp3) is 0.615. The van der Waals surface area contributed by atoms with Crippen molar-refractivity contribution in [2.45, 2.75) is 85.5 Å². The van der Waals surface area contributed by atoms with Gasteiger partial charge in [0.1, 0.15) is 5.76 Å². The molecule has 0 saturated heterocycles. The van der Waals surface area contributed by atoms with E-state index >= 15 is 0 Å². The third-order valence-electron chi connectivity index (χ3n) is 6.34. The Balaban J connectivity index is 2.50. The van der Waals surface area contributed by atoms with Gasteiger partial charge in [0.2, 0.25) is 11.6 Å². The summed E-state index contributed by atoms with van der Waals surface area (Å²) >= 11 is 0. The van der Waals surface area contributed by atoms with Gasteiger partial charge in [0.15, 0.2) is 0 Å². The van der Waals surface area contributed by atoms with Crippen molar-refractivity contribution in [2.24, 2.45) is 11.8 Å². The summed E-state index contributed by atoms with van der Waals surface area (Å²) in [5, 5.41) is 14.6. The van der Waals surface area contributed by atoms with Crippen LogP contribution in [0.25, 0.3) is 0 Å². The number of aliphatic hydroxyl groups is 1. The van der Waals surface area contributed by atoms with Crippen molar-refractivity contribution in [1.82, 2.24) is 5.32 Å². The number of carbonyl (C=O) groups is 2. The predicted molar refractivity (Wildman–Crippen MR) is 123 cm³/mol. The molecule has 0 unspecified atom stereocenters. The predicted octanol–water partition coefficient (Wildman–Crippen LogP) is 6.11. The molecule has 0 spiro atoms. The lowest BCUT2D eigenvalue weighted by Gasteiger charge is -2.34. The van der Waals surface area contributed by atoms with E-state index in [9.17, 15) is 14.7 Å². The first-order valence-electron chi connectivity index (χ1n) is 11.7. The van der Waals surface area contributed by atoms with E-state index in [1.54, 1.807) is 0 Å². The molecule has 4 nitrogen and oxygen atoms in total. The molecule has 2 N–H and O–H groups in total. The lowest BCUT2D eigenvalue weighted by Crippen LogP contribution is -2.36. The minimum absolute atomic E-state index is 0.0233. The Morgan fingerprint density at radius 1 is 1.13 bits per heavy atom. The second-order valence-corrected chi connectivity index (χ2v) is 8.90. The Hall–Kier alpha value is -2.10. The van der Waals surface area contributed by atoms with Crippen LogP contribution in [-0.4, -0.2) is 23.2 Å². The third-order valence-corrected chi connectivity index (χ3v) is 6.34. The van der Waals surface area contributed by atoms with Crippen LogP contribution >= 0.6 is 0 Å². The SMILES string of the molecule is C=C(C)[C@H]1CCC(C)=C[C@@H]1C1=C(O)C(NCCCCC)=C(CCCCC)C(=O)C1=O. The van der Waals surface area contributed by atoms with Gasteiger partial charge < -0.3 is 10.4 Å². The number of ketones is 2. The van der Waals surface area contributed by atoms with E-state index in [1.165, 1.54) is 5.57 Å². The molecule has 0 aromatic carbocycles. The first-order chi connectivity index (χ1) is 14.3. The van der Waals surface area contributed by atoms with Gasteiger partial charge >= 0.3 is 0 Å². The molecule has 0 radical (unpaired) electrons. The maximum atomic E-state index is 13.2. The Kier molecular flexibility index (Phi) is 9.13. The summed E-state index contributed by atoms with van der Waals surface area (Å²) in [5.41, 5.74) is 3.37. The number of allylic oxidation sites excluding steroid dienone is 5. The van der Waals surface area contributed by atoms with Gasteiger partial charge in [0.05, 0.1) is 11.3 Å². The van der Waals surface area contributed by atoms with E-state index in [0.29, 0.717) is 24.2 Å². The molecule has 30 heavy (non-hydrogen) atoms. The quantitative estimate of drug-likeness (QED) is 0.185. The van der Waals surface area contributed by atoms with Gasteiger partial charge in [-0.15, -0.1) is 0 Å². The van der Waals surface area contributed by atoms with Gasteiger partial charge in [0.25, 0.3) is 0 Å². The fourth-order valence-electron chi connectivity index (χ4n) is 4.54. The summed E-state index contributed by atoms with van der Waals surface area (Å²) in [5.74, 6) is -1.25. The zero-order valence-electron chi connectivity index (χ0n) is 19.3. The van der Waals surface area contributed by atoms with Crippen molar-refractivity contribution in [1.29, 1.82) is 0 Å². The van der Waals surface area contributed by atoms with Crippen LogP contribution in [0.4, 0.5) is 0 Å². The highest BCUT2D eigenvalue weighted by molar-refractivity contribution is 6.50. The van der Waals surface area contributed by atoms with Crippen molar-refractivity contribution in [3.05, 3.63) is 46.4 Å². The average molecular weight is 414 g/mol. The van der Waals surface area contributed by atoms with Crippen LogP contribution in [0.3, 0.4) is 0 Å². The molecular formula is C26H39NO3. The number of aliphatic hydroxyl groups excluding tert-OH is 1. The van der Waals surface area contributed by atoms with Gasteiger partial charge in [0, 0.05) is 18.0 Å². The maximum absolute atomic E-state index is 13.2. The van der Waals surface area contributed by atoms with Crippen molar-refractivity contribution in [2.75, 3.05) is 6.54 Å². The molecule has 2 aliphatic rings. The molecule has 0 saturated carbocycles. The second-order valence-electron chi connectivity index (χ2n) is 8.90. The molecule has 4 heteroatoms. The zero-order chi connectivity index (χ0) is 22.3. The number of nitrogens with one attached hydrogen (secondary N) is 1. The topological polar surface area (TPSA) is 66.4 Å². The number of carbonyl (C=O) groups excluding carboxylic acids is 2. The first kappa shape index (κ1) is 24.2. The van der Waals surface area contributed by atoms with E-state index in [2.05, 4.69) is 31.8 Å². The summed E-state index contributed by atoms with van der Waals surface area (Å²) in [4.78, 5) is 26.3. The normalized spacial score (nSPS) is 22.5. The monoisotopic (exact) mass is 413 g/mol. The molecule has 0 aromatic rings. The number of hydrogen-bond donors (Lipinski definition) is 2. The number of Topliss-reactive ketones (excluding diaryl/α,β-unsaturated/α-hetero) is 2. The average Bonchev–Trinajstić information content (AvgIpc) is 2.70. The lowest BCUT2D eigenvalue weighted by molar-refractivity contribution is -0.133. The van der Waals surface area contributed by atoms with E-state index in [1.807, 2.05) is 13.8 Å². The largest absolute Gasteiger partial charge is 0.505 e. The van der Waals surface area contributed by atoms with Crippen LogP contribution in [0, 0.1) is 11.8 Å². The summed E-state index contributed by atoms with van der Waals surface area (Å²) < 4.78 is 0. The standard InChI is InChI=1S/C26H39NO3/c1-6-8-10-12-20-23(27-15-11-9-7-2)25(29)22(26(30)24(20)28)21-16-18(5)13-14-19(21)17(3)4/h16,19,21,27,29H,3,6-15H2,1-2,4-5H3/t19-,21+/m1/s1. The van der Waals surface area contributed by atoms with Crippen LogP contribution in [0.1, 0.15) is 85.5 Å². The molecule has 0 aromatic heterocycles. The van der Waals surface area contributed by atoms with Crippen LogP contribution in [0.15, 0.2) is 46.4 Å². The maximum Gasteiger partial charge on any atom is 0.233 e. The van der Waals surface area contributed by atoms with Crippen LogP contribution in [0.2, 0.25) is 0 Å². The van der Waals surface area contributed by atoms with Crippen LogP contribution in [-0.2, 0) is 9.59 Å². The van der Waals surface area contributed by atoms with Gasteiger partial charge in [-0.3, -0.25) is 9.59 Å². The van der Waals surface area contributed by atoms with Crippen molar-refractivity contribution < 1.29 is 14.7 Å². The summed E-state index contributed by atoms with van der Waals surface area (Å²) in [6, 6.07) is 0. The first-order valence-corrected chi connectivity index (χ1v) is 11.7. The molecule has 2 aliphatic carbocycles.